The van der Waals surface area contributed by atoms with Crippen molar-refractivity contribution in [2.24, 2.45) is 14.1 Å². The van der Waals surface area contributed by atoms with Crippen LogP contribution in [0.25, 0.3) is 0 Å². The van der Waals surface area contributed by atoms with E-state index in [0.29, 0.717) is 0 Å². The molecule has 0 saturated heterocycles. The van der Waals surface area contributed by atoms with E-state index in [1.165, 1.54) is 0 Å². The SMILES string of the molecule is CC.[B]C1(C)CCCc2c(n(C)c(=O)n2C)C1. The van der Waals surface area contributed by atoms with Crippen molar-refractivity contribution in [3.63, 3.8) is 0 Å². The Morgan fingerprint density at radius 1 is 1.18 bits per heavy atom. The molecule has 0 N–H and O–H groups in total. The van der Waals surface area contributed by atoms with Crippen molar-refractivity contribution in [2.75, 3.05) is 0 Å². The maximum absolute atomic E-state index is 11.8. The molecule has 4 heteroatoms. The van der Waals surface area contributed by atoms with E-state index in [0.717, 1.165) is 37.1 Å². The fraction of sp³-hybridized carbons (Fsp3) is 0.769. The van der Waals surface area contributed by atoms with Gasteiger partial charge in [-0.3, -0.25) is 9.13 Å². The largest absolute Gasteiger partial charge is 0.328 e. The molecule has 0 bridgehead atoms. The van der Waals surface area contributed by atoms with Crippen molar-refractivity contribution in [1.29, 1.82) is 0 Å². The Bertz CT molecular complexity index is 443. The van der Waals surface area contributed by atoms with Crippen LogP contribution in [0.4, 0.5) is 0 Å². The minimum Gasteiger partial charge on any atom is -0.299 e. The standard InChI is InChI=1S/C11H17BN2O.C2H6/c1-11(12)6-4-5-8-9(7-11)14(3)10(15)13(8)2;1-2/h4-7H2,1-3H3;1-2H3. The predicted octanol–water partition coefficient (Wildman–Crippen LogP) is 1.98. The molecular formula is C13H23BN2O. The van der Waals surface area contributed by atoms with Gasteiger partial charge < -0.3 is 0 Å². The molecule has 0 aromatic carbocycles. The average Bonchev–Trinajstić information content (AvgIpc) is 2.47. The van der Waals surface area contributed by atoms with Gasteiger partial charge in [0.1, 0.15) is 0 Å². The van der Waals surface area contributed by atoms with E-state index in [9.17, 15) is 4.79 Å². The van der Waals surface area contributed by atoms with E-state index in [1.807, 2.05) is 27.9 Å². The molecule has 3 nitrogen and oxygen atoms in total. The molecule has 1 aliphatic carbocycles. The molecule has 0 amide bonds. The number of hydrogen-bond donors (Lipinski definition) is 0. The lowest BCUT2D eigenvalue weighted by Gasteiger charge is -2.22. The third kappa shape index (κ3) is 2.67. The number of imidazole rings is 1. The van der Waals surface area contributed by atoms with Crippen LogP contribution in [0, 0.1) is 0 Å². The summed E-state index contributed by atoms with van der Waals surface area (Å²) in [6.45, 7) is 6.07. The van der Waals surface area contributed by atoms with Gasteiger partial charge in [-0.05, 0) is 19.3 Å². The quantitative estimate of drug-likeness (QED) is 0.498. The highest BCUT2D eigenvalue weighted by Gasteiger charge is 2.27. The number of rotatable bonds is 0. The van der Waals surface area contributed by atoms with E-state index < -0.39 is 0 Å². The highest BCUT2D eigenvalue weighted by atomic mass is 16.1. The van der Waals surface area contributed by atoms with Crippen LogP contribution in [-0.2, 0) is 26.9 Å². The molecule has 0 saturated carbocycles. The lowest BCUT2D eigenvalue weighted by atomic mass is 9.65. The van der Waals surface area contributed by atoms with Gasteiger partial charge in [-0.25, -0.2) is 4.79 Å². The van der Waals surface area contributed by atoms with Gasteiger partial charge in [0.15, 0.2) is 0 Å². The van der Waals surface area contributed by atoms with Crippen LogP contribution < -0.4 is 5.69 Å². The third-order valence-electron chi connectivity index (χ3n) is 3.45. The first-order valence-electron chi connectivity index (χ1n) is 6.45. The number of aromatic nitrogens is 2. The Balaban J connectivity index is 0.000000686. The lowest BCUT2D eigenvalue weighted by Crippen LogP contribution is -2.22. The molecule has 1 aromatic rings. The molecule has 17 heavy (non-hydrogen) atoms. The van der Waals surface area contributed by atoms with Crippen molar-refractivity contribution in [3.05, 3.63) is 21.9 Å². The van der Waals surface area contributed by atoms with Gasteiger partial charge in [0.05, 0.1) is 7.85 Å². The Morgan fingerprint density at radius 2 is 1.71 bits per heavy atom. The van der Waals surface area contributed by atoms with Crippen molar-refractivity contribution in [3.8, 4) is 0 Å². The second-order valence-corrected chi connectivity index (χ2v) is 4.98. The minimum atomic E-state index is -0.170. The van der Waals surface area contributed by atoms with Crippen LogP contribution in [0.1, 0.15) is 45.0 Å². The van der Waals surface area contributed by atoms with Gasteiger partial charge in [0.2, 0.25) is 0 Å². The summed E-state index contributed by atoms with van der Waals surface area (Å²) >= 11 is 0. The zero-order chi connectivity index (χ0) is 13.2. The minimum absolute atomic E-state index is 0.0673. The summed E-state index contributed by atoms with van der Waals surface area (Å²) in [6, 6.07) is 0. The molecule has 1 aliphatic rings. The monoisotopic (exact) mass is 234 g/mol. The van der Waals surface area contributed by atoms with Gasteiger partial charge >= 0.3 is 5.69 Å². The third-order valence-corrected chi connectivity index (χ3v) is 3.45. The maximum Gasteiger partial charge on any atom is 0.328 e. The molecule has 1 heterocycles. The Kier molecular flexibility index (Phi) is 4.28. The van der Waals surface area contributed by atoms with Crippen molar-refractivity contribution < 1.29 is 0 Å². The van der Waals surface area contributed by atoms with Crippen LogP contribution in [-0.4, -0.2) is 17.0 Å². The fourth-order valence-corrected chi connectivity index (χ4v) is 2.51. The van der Waals surface area contributed by atoms with Crippen LogP contribution in [0.3, 0.4) is 0 Å². The summed E-state index contributed by atoms with van der Waals surface area (Å²) in [5, 5.41) is -0.170. The Hall–Kier alpha value is -0.925. The fourth-order valence-electron chi connectivity index (χ4n) is 2.51. The molecule has 1 unspecified atom stereocenters. The van der Waals surface area contributed by atoms with E-state index in [2.05, 4.69) is 6.92 Å². The summed E-state index contributed by atoms with van der Waals surface area (Å²) in [5.41, 5.74) is 2.35. The van der Waals surface area contributed by atoms with Crippen molar-refractivity contribution in [2.45, 2.75) is 51.8 Å². The topological polar surface area (TPSA) is 26.9 Å². The smallest absolute Gasteiger partial charge is 0.299 e. The number of nitrogens with zero attached hydrogens (tertiary/aromatic N) is 2. The van der Waals surface area contributed by atoms with Gasteiger partial charge in [-0.2, -0.15) is 0 Å². The molecule has 0 aliphatic heterocycles. The first-order chi connectivity index (χ1) is 7.92. The predicted molar refractivity (Wildman–Crippen MR) is 72.8 cm³/mol. The van der Waals surface area contributed by atoms with Gasteiger partial charge in [0.25, 0.3) is 0 Å². The second kappa shape index (κ2) is 5.15. The van der Waals surface area contributed by atoms with Crippen LogP contribution in [0.2, 0.25) is 5.31 Å². The van der Waals surface area contributed by atoms with E-state index in [4.69, 9.17) is 7.85 Å². The maximum atomic E-state index is 11.8. The summed E-state index contributed by atoms with van der Waals surface area (Å²) < 4.78 is 3.50. The van der Waals surface area contributed by atoms with Gasteiger partial charge in [0, 0.05) is 25.5 Å². The molecule has 2 rings (SSSR count). The highest BCUT2D eigenvalue weighted by molar-refractivity contribution is 6.15. The molecule has 94 valence electrons. The number of fused-ring (bicyclic) bond motifs is 1. The first kappa shape index (κ1) is 14.1. The molecule has 2 radical (unpaired) electrons. The van der Waals surface area contributed by atoms with Crippen LogP contribution in [0.5, 0.6) is 0 Å². The molecule has 0 fully saturated rings. The molecular weight excluding hydrogens is 211 g/mol. The first-order valence-corrected chi connectivity index (χ1v) is 6.45. The molecule has 1 aromatic heterocycles. The molecule has 1 atom stereocenters. The van der Waals surface area contributed by atoms with Crippen LogP contribution >= 0.6 is 0 Å². The summed E-state index contributed by atoms with van der Waals surface area (Å²) in [5.74, 6) is 0. The lowest BCUT2D eigenvalue weighted by molar-refractivity contribution is 0.534. The Labute approximate surface area is 105 Å². The highest BCUT2D eigenvalue weighted by Crippen LogP contribution is 2.36. The summed E-state index contributed by atoms with van der Waals surface area (Å²) in [6.07, 6.45) is 3.86. The van der Waals surface area contributed by atoms with Crippen LogP contribution in [0.15, 0.2) is 4.79 Å². The molecule has 0 spiro atoms. The zero-order valence-electron chi connectivity index (χ0n) is 11.7. The Morgan fingerprint density at radius 3 is 2.29 bits per heavy atom. The zero-order valence-corrected chi connectivity index (χ0v) is 11.7. The van der Waals surface area contributed by atoms with E-state index in [-0.39, 0.29) is 11.0 Å². The van der Waals surface area contributed by atoms with Crippen molar-refractivity contribution in [1.82, 2.24) is 9.13 Å². The van der Waals surface area contributed by atoms with Gasteiger partial charge in [-0.1, -0.05) is 32.5 Å². The summed E-state index contributed by atoms with van der Waals surface area (Å²) in [7, 11) is 9.88. The number of hydrogen-bond acceptors (Lipinski definition) is 1. The summed E-state index contributed by atoms with van der Waals surface area (Å²) in [4.78, 5) is 11.8. The normalized spacial score (nSPS) is 23.4. The van der Waals surface area contributed by atoms with Gasteiger partial charge in [-0.15, -0.1) is 0 Å². The van der Waals surface area contributed by atoms with E-state index in [1.54, 1.807) is 9.13 Å². The van der Waals surface area contributed by atoms with E-state index >= 15 is 0 Å². The second-order valence-electron chi connectivity index (χ2n) is 4.98. The van der Waals surface area contributed by atoms with Crippen molar-refractivity contribution >= 4 is 7.85 Å². The average molecular weight is 234 g/mol.